The summed E-state index contributed by atoms with van der Waals surface area (Å²) in [6.07, 6.45) is 1.75. The molecule has 1 amide bonds. The second-order valence-corrected chi connectivity index (χ2v) is 8.11. The zero-order chi connectivity index (χ0) is 19.9. The standard InChI is InChI=1S/C22H25ClN2O3/c1-2-22(28,17-8-9-18-16(20(17)23)14-19(26)24-18)25-12-10-21(27,11-13-25)15-6-4-3-5-7-15/h3-9,27-28H,2,10-14H2,1H3,(H,24,26)/t22-/m1/s1. The molecule has 1 atom stereocenters. The molecule has 0 bridgehead atoms. The number of hydrogen-bond acceptors (Lipinski definition) is 4. The summed E-state index contributed by atoms with van der Waals surface area (Å²) in [7, 11) is 0. The Morgan fingerprint density at radius 1 is 1.18 bits per heavy atom. The molecule has 0 aromatic heterocycles. The molecule has 0 aliphatic carbocycles. The van der Waals surface area contributed by atoms with Gasteiger partial charge in [-0.25, -0.2) is 0 Å². The molecule has 1 saturated heterocycles. The third kappa shape index (κ3) is 3.12. The number of benzene rings is 2. The Morgan fingerprint density at radius 2 is 1.86 bits per heavy atom. The van der Waals surface area contributed by atoms with Gasteiger partial charge in [-0.1, -0.05) is 54.9 Å². The normalized spacial score (nSPS) is 21.1. The van der Waals surface area contributed by atoms with Crippen molar-refractivity contribution in [3.63, 3.8) is 0 Å². The lowest BCUT2D eigenvalue weighted by Gasteiger charge is -2.46. The number of nitrogens with zero attached hydrogens (tertiary/aromatic N) is 1. The molecule has 3 N–H and O–H groups in total. The lowest BCUT2D eigenvalue weighted by atomic mass is 9.82. The van der Waals surface area contributed by atoms with E-state index in [0.717, 1.165) is 11.1 Å². The molecule has 2 aromatic carbocycles. The number of piperidine rings is 1. The minimum absolute atomic E-state index is 0.0833. The summed E-state index contributed by atoms with van der Waals surface area (Å²) in [6, 6.07) is 13.3. The van der Waals surface area contributed by atoms with Crippen molar-refractivity contribution in [1.29, 1.82) is 0 Å². The van der Waals surface area contributed by atoms with E-state index in [0.29, 0.717) is 48.6 Å². The van der Waals surface area contributed by atoms with Crippen LogP contribution < -0.4 is 5.32 Å². The van der Waals surface area contributed by atoms with Crippen LogP contribution >= 0.6 is 11.6 Å². The van der Waals surface area contributed by atoms with Crippen LogP contribution in [-0.4, -0.2) is 34.1 Å². The summed E-state index contributed by atoms with van der Waals surface area (Å²) >= 11 is 6.63. The molecule has 1 fully saturated rings. The highest BCUT2D eigenvalue weighted by Gasteiger charge is 2.43. The highest BCUT2D eigenvalue weighted by atomic mass is 35.5. The van der Waals surface area contributed by atoms with Crippen LogP contribution in [0.1, 0.15) is 42.9 Å². The number of fused-ring (bicyclic) bond motifs is 1. The molecule has 2 heterocycles. The van der Waals surface area contributed by atoms with Gasteiger partial charge < -0.3 is 15.5 Å². The van der Waals surface area contributed by atoms with Crippen molar-refractivity contribution >= 4 is 23.2 Å². The molecular weight excluding hydrogens is 376 g/mol. The molecule has 0 saturated carbocycles. The number of carbonyl (C=O) groups excluding carboxylic acids is 1. The zero-order valence-corrected chi connectivity index (χ0v) is 16.7. The highest BCUT2D eigenvalue weighted by Crippen LogP contribution is 2.43. The van der Waals surface area contributed by atoms with E-state index < -0.39 is 11.3 Å². The summed E-state index contributed by atoms with van der Waals surface area (Å²) in [4.78, 5) is 13.7. The van der Waals surface area contributed by atoms with Crippen molar-refractivity contribution in [2.75, 3.05) is 18.4 Å². The van der Waals surface area contributed by atoms with Crippen LogP contribution in [0.25, 0.3) is 0 Å². The van der Waals surface area contributed by atoms with E-state index in [9.17, 15) is 15.0 Å². The van der Waals surface area contributed by atoms with Crippen molar-refractivity contribution in [2.45, 2.75) is 43.9 Å². The van der Waals surface area contributed by atoms with Crippen LogP contribution in [0.2, 0.25) is 5.02 Å². The Hall–Kier alpha value is -1.92. The van der Waals surface area contributed by atoms with Crippen LogP contribution in [0.3, 0.4) is 0 Å². The average molecular weight is 401 g/mol. The maximum absolute atomic E-state index is 11.7. The van der Waals surface area contributed by atoms with Crippen molar-refractivity contribution in [1.82, 2.24) is 4.90 Å². The van der Waals surface area contributed by atoms with Gasteiger partial charge in [0.1, 0.15) is 5.72 Å². The number of halogens is 1. The minimum Gasteiger partial charge on any atom is -0.385 e. The molecular formula is C22H25ClN2O3. The van der Waals surface area contributed by atoms with Gasteiger partial charge in [0.25, 0.3) is 0 Å². The van der Waals surface area contributed by atoms with Gasteiger partial charge in [0, 0.05) is 29.9 Å². The van der Waals surface area contributed by atoms with Gasteiger partial charge in [0.2, 0.25) is 5.91 Å². The van der Waals surface area contributed by atoms with Crippen molar-refractivity contribution in [3.05, 3.63) is 64.2 Å². The first-order valence-corrected chi connectivity index (χ1v) is 10.1. The number of carbonyl (C=O) groups is 1. The third-order valence-electron chi connectivity index (χ3n) is 6.20. The van der Waals surface area contributed by atoms with Gasteiger partial charge in [0.05, 0.1) is 17.0 Å². The molecule has 0 radical (unpaired) electrons. The third-order valence-corrected chi connectivity index (χ3v) is 6.64. The summed E-state index contributed by atoms with van der Waals surface area (Å²) < 4.78 is 0. The van der Waals surface area contributed by atoms with Gasteiger partial charge in [-0.3, -0.25) is 9.69 Å². The maximum Gasteiger partial charge on any atom is 0.228 e. The zero-order valence-electron chi connectivity index (χ0n) is 15.9. The maximum atomic E-state index is 11.7. The fraction of sp³-hybridized carbons (Fsp3) is 0.409. The van der Waals surface area contributed by atoms with Crippen LogP contribution in [0, 0.1) is 0 Å². The van der Waals surface area contributed by atoms with Gasteiger partial charge in [-0.15, -0.1) is 0 Å². The summed E-state index contributed by atoms with van der Waals surface area (Å²) in [5.41, 5.74) is 0.871. The van der Waals surface area contributed by atoms with Crippen LogP contribution in [-0.2, 0) is 22.5 Å². The largest absolute Gasteiger partial charge is 0.385 e. The van der Waals surface area contributed by atoms with E-state index in [2.05, 4.69) is 5.32 Å². The molecule has 4 rings (SSSR count). The number of anilines is 1. The van der Waals surface area contributed by atoms with E-state index >= 15 is 0 Å². The molecule has 2 aromatic rings. The quantitative estimate of drug-likeness (QED) is 0.735. The van der Waals surface area contributed by atoms with E-state index in [1.807, 2.05) is 48.2 Å². The van der Waals surface area contributed by atoms with E-state index in [-0.39, 0.29) is 12.3 Å². The Labute approximate surface area is 169 Å². The monoisotopic (exact) mass is 400 g/mol. The fourth-order valence-corrected chi connectivity index (χ4v) is 4.83. The SMILES string of the molecule is CC[C@@](O)(c1ccc2c(c1Cl)CC(=O)N2)N1CCC(O)(c2ccccc2)CC1. The lowest BCUT2D eigenvalue weighted by molar-refractivity contribution is -0.153. The van der Waals surface area contributed by atoms with Crippen LogP contribution in [0.4, 0.5) is 5.69 Å². The van der Waals surface area contributed by atoms with E-state index in [4.69, 9.17) is 11.6 Å². The first-order valence-electron chi connectivity index (χ1n) is 9.74. The van der Waals surface area contributed by atoms with Crippen LogP contribution in [0.15, 0.2) is 42.5 Å². The van der Waals surface area contributed by atoms with Crippen molar-refractivity contribution in [3.8, 4) is 0 Å². The minimum atomic E-state index is -1.24. The second-order valence-electron chi connectivity index (χ2n) is 7.73. The lowest BCUT2D eigenvalue weighted by Crippen LogP contribution is -2.53. The van der Waals surface area contributed by atoms with Crippen molar-refractivity contribution < 1.29 is 15.0 Å². The molecule has 6 heteroatoms. The molecule has 0 unspecified atom stereocenters. The summed E-state index contributed by atoms with van der Waals surface area (Å²) in [6.45, 7) is 3.01. The van der Waals surface area contributed by atoms with Crippen molar-refractivity contribution in [2.24, 2.45) is 0 Å². The summed E-state index contributed by atoms with van der Waals surface area (Å²) in [5.74, 6) is -0.0833. The number of nitrogens with one attached hydrogen (secondary N) is 1. The predicted molar refractivity (Wildman–Crippen MR) is 109 cm³/mol. The second kappa shape index (κ2) is 7.16. The Morgan fingerprint density at radius 3 is 2.50 bits per heavy atom. The van der Waals surface area contributed by atoms with Crippen LogP contribution in [0.5, 0.6) is 0 Å². The molecule has 2 aliphatic rings. The molecule has 5 nitrogen and oxygen atoms in total. The van der Waals surface area contributed by atoms with E-state index in [1.54, 1.807) is 6.07 Å². The number of amides is 1. The number of aliphatic hydroxyl groups is 2. The van der Waals surface area contributed by atoms with E-state index in [1.165, 1.54) is 0 Å². The van der Waals surface area contributed by atoms with Gasteiger partial charge in [-0.2, -0.15) is 0 Å². The Kier molecular flexibility index (Phi) is 4.96. The highest BCUT2D eigenvalue weighted by molar-refractivity contribution is 6.33. The van der Waals surface area contributed by atoms with Gasteiger partial charge in [-0.05, 0) is 30.9 Å². The molecule has 0 spiro atoms. The number of rotatable bonds is 4. The number of likely N-dealkylation sites (tertiary alicyclic amines) is 1. The Bertz CT molecular complexity index is 894. The molecule has 148 valence electrons. The number of hydrogen-bond donors (Lipinski definition) is 3. The Balaban J connectivity index is 1.60. The molecule has 2 aliphatic heterocycles. The first-order chi connectivity index (χ1) is 13.4. The topological polar surface area (TPSA) is 72.8 Å². The predicted octanol–water partition coefficient (Wildman–Crippen LogP) is 3.37. The smallest absolute Gasteiger partial charge is 0.228 e. The molecule has 28 heavy (non-hydrogen) atoms. The average Bonchev–Trinajstić information content (AvgIpc) is 3.10. The first kappa shape index (κ1) is 19.4. The fourth-order valence-electron chi connectivity index (χ4n) is 4.44. The van der Waals surface area contributed by atoms with Gasteiger partial charge in [0.15, 0.2) is 0 Å². The summed E-state index contributed by atoms with van der Waals surface area (Å²) in [5, 5.41) is 25.9. The van der Waals surface area contributed by atoms with Gasteiger partial charge >= 0.3 is 0 Å².